The molecule has 1 fully saturated rings. The second-order valence-corrected chi connectivity index (χ2v) is 7.24. The van der Waals surface area contributed by atoms with Gasteiger partial charge in [0.15, 0.2) is 5.11 Å². The van der Waals surface area contributed by atoms with Gasteiger partial charge in [0, 0.05) is 29.9 Å². The summed E-state index contributed by atoms with van der Waals surface area (Å²) in [6.45, 7) is 2.46. The third kappa shape index (κ3) is 5.03. The van der Waals surface area contributed by atoms with Gasteiger partial charge in [0.25, 0.3) is 0 Å². The van der Waals surface area contributed by atoms with Crippen molar-refractivity contribution in [3.63, 3.8) is 0 Å². The molecule has 0 spiro atoms. The molecule has 24 heavy (non-hydrogen) atoms. The van der Waals surface area contributed by atoms with Crippen molar-refractivity contribution in [2.45, 2.75) is 25.5 Å². The van der Waals surface area contributed by atoms with Gasteiger partial charge in [-0.3, -0.25) is 0 Å². The van der Waals surface area contributed by atoms with Crippen LogP contribution in [0.4, 0.5) is 5.69 Å². The van der Waals surface area contributed by atoms with Crippen LogP contribution in [0.2, 0.25) is 0 Å². The van der Waals surface area contributed by atoms with Crippen molar-refractivity contribution in [2.75, 3.05) is 18.5 Å². The average molecular weight is 405 g/mol. The van der Waals surface area contributed by atoms with Crippen LogP contribution >= 0.6 is 28.1 Å². The molecular weight excluding hydrogens is 384 g/mol. The SMILES string of the molecule is S=C(Nc1ccc(Br)cc1)N(Cc1ccccc1)C[C@H]1CCCO1. The smallest absolute Gasteiger partial charge is 0.173 e. The molecule has 0 radical (unpaired) electrons. The molecule has 3 nitrogen and oxygen atoms in total. The Kier molecular flexibility index (Phi) is 6.24. The molecule has 0 bridgehead atoms. The van der Waals surface area contributed by atoms with Crippen molar-refractivity contribution in [3.05, 3.63) is 64.6 Å². The fourth-order valence-electron chi connectivity index (χ4n) is 2.79. The first-order valence-electron chi connectivity index (χ1n) is 8.18. The number of nitrogens with zero attached hydrogens (tertiary/aromatic N) is 1. The minimum atomic E-state index is 0.262. The molecule has 0 aromatic heterocycles. The van der Waals surface area contributed by atoms with Crippen LogP contribution < -0.4 is 5.32 Å². The minimum Gasteiger partial charge on any atom is -0.376 e. The van der Waals surface area contributed by atoms with Gasteiger partial charge in [-0.05, 0) is 54.9 Å². The first-order valence-corrected chi connectivity index (χ1v) is 9.38. The number of anilines is 1. The molecule has 2 aromatic carbocycles. The summed E-state index contributed by atoms with van der Waals surface area (Å²) in [5.74, 6) is 0. The van der Waals surface area contributed by atoms with Crippen LogP contribution in [0, 0.1) is 0 Å². The second kappa shape index (κ2) is 8.60. The Morgan fingerprint density at radius 1 is 1.17 bits per heavy atom. The third-order valence-electron chi connectivity index (χ3n) is 4.05. The highest BCUT2D eigenvalue weighted by molar-refractivity contribution is 9.10. The summed E-state index contributed by atoms with van der Waals surface area (Å²) in [5, 5.41) is 4.08. The van der Waals surface area contributed by atoms with Crippen LogP contribution in [0.1, 0.15) is 18.4 Å². The van der Waals surface area contributed by atoms with E-state index in [2.05, 4.69) is 50.4 Å². The molecule has 126 valence electrons. The summed E-state index contributed by atoms with van der Waals surface area (Å²) in [6.07, 6.45) is 2.50. The summed E-state index contributed by atoms with van der Waals surface area (Å²) in [4.78, 5) is 2.20. The van der Waals surface area contributed by atoms with E-state index in [1.54, 1.807) is 0 Å². The second-order valence-electron chi connectivity index (χ2n) is 5.94. The lowest BCUT2D eigenvalue weighted by Gasteiger charge is -2.28. The molecule has 3 rings (SSSR count). The normalized spacial score (nSPS) is 16.8. The Morgan fingerprint density at radius 2 is 1.92 bits per heavy atom. The van der Waals surface area contributed by atoms with E-state index in [4.69, 9.17) is 17.0 Å². The van der Waals surface area contributed by atoms with E-state index in [0.717, 1.165) is 47.8 Å². The number of halogens is 1. The molecule has 1 saturated heterocycles. The fraction of sp³-hybridized carbons (Fsp3) is 0.316. The molecule has 0 amide bonds. The third-order valence-corrected chi connectivity index (χ3v) is 4.94. The Bertz CT molecular complexity index is 657. The zero-order chi connectivity index (χ0) is 16.8. The number of thiocarbonyl (C=S) groups is 1. The lowest BCUT2D eigenvalue weighted by Crippen LogP contribution is -2.39. The van der Waals surface area contributed by atoms with E-state index in [0.29, 0.717) is 0 Å². The van der Waals surface area contributed by atoms with Crippen molar-refractivity contribution in [1.82, 2.24) is 4.90 Å². The Morgan fingerprint density at radius 3 is 2.58 bits per heavy atom. The highest BCUT2D eigenvalue weighted by Gasteiger charge is 2.21. The number of ether oxygens (including phenoxy) is 1. The number of hydrogen-bond donors (Lipinski definition) is 1. The highest BCUT2D eigenvalue weighted by atomic mass is 79.9. The predicted molar refractivity (Wildman–Crippen MR) is 106 cm³/mol. The van der Waals surface area contributed by atoms with Gasteiger partial charge in [-0.2, -0.15) is 0 Å². The van der Waals surface area contributed by atoms with Gasteiger partial charge in [0.05, 0.1) is 6.10 Å². The maximum absolute atomic E-state index is 5.80. The van der Waals surface area contributed by atoms with Gasteiger partial charge < -0.3 is 15.0 Å². The first-order chi connectivity index (χ1) is 11.7. The first kappa shape index (κ1) is 17.4. The van der Waals surface area contributed by atoms with E-state index in [1.807, 2.05) is 30.3 Å². The Labute approximate surface area is 157 Å². The maximum Gasteiger partial charge on any atom is 0.173 e. The molecule has 1 N–H and O–H groups in total. The Balaban J connectivity index is 1.69. The summed E-state index contributed by atoms with van der Waals surface area (Å²) in [6, 6.07) is 18.5. The number of hydrogen-bond acceptors (Lipinski definition) is 2. The van der Waals surface area contributed by atoms with E-state index in [-0.39, 0.29) is 6.10 Å². The molecule has 0 aliphatic carbocycles. The molecule has 1 aliphatic rings. The van der Waals surface area contributed by atoms with E-state index in [1.165, 1.54) is 5.56 Å². The molecule has 1 heterocycles. The number of nitrogens with one attached hydrogen (secondary N) is 1. The van der Waals surface area contributed by atoms with Crippen LogP contribution in [-0.4, -0.2) is 29.3 Å². The van der Waals surface area contributed by atoms with Crippen molar-refractivity contribution >= 4 is 38.9 Å². The number of benzene rings is 2. The van der Waals surface area contributed by atoms with Crippen LogP contribution in [0.5, 0.6) is 0 Å². The van der Waals surface area contributed by atoms with Crippen molar-refractivity contribution in [2.24, 2.45) is 0 Å². The predicted octanol–water partition coefficient (Wildman–Crippen LogP) is 4.83. The topological polar surface area (TPSA) is 24.5 Å². The average Bonchev–Trinajstić information content (AvgIpc) is 3.10. The van der Waals surface area contributed by atoms with Gasteiger partial charge in [-0.1, -0.05) is 46.3 Å². The largest absolute Gasteiger partial charge is 0.376 e. The van der Waals surface area contributed by atoms with Crippen molar-refractivity contribution in [1.29, 1.82) is 0 Å². The molecule has 0 saturated carbocycles. The minimum absolute atomic E-state index is 0.262. The molecular formula is C19H21BrN2OS. The van der Waals surface area contributed by atoms with Crippen molar-refractivity contribution in [3.8, 4) is 0 Å². The van der Waals surface area contributed by atoms with Gasteiger partial charge in [0.1, 0.15) is 0 Å². The molecule has 1 atom stereocenters. The van der Waals surface area contributed by atoms with Gasteiger partial charge in [0.2, 0.25) is 0 Å². The Hall–Kier alpha value is -1.43. The van der Waals surface area contributed by atoms with Crippen LogP contribution in [0.25, 0.3) is 0 Å². The van der Waals surface area contributed by atoms with Crippen molar-refractivity contribution < 1.29 is 4.74 Å². The lowest BCUT2D eigenvalue weighted by atomic mass is 10.2. The van der Waals surface area contributed by atoms with E-state index < -0.39 is 0 Å². The fourth-order valence-corrected chi connectivity index (χ4v) is 3.31. The maximum atomic E-state index is 5.80. The van der Waals surface area contributed by atoms with E-state index in [9.17, 15) is 0 Å². The van der Waals surface area contributed by atoms with Gasteiger partial charge in [-0.25, -0.2) is 0 Å². The molecule has 2 aromatic rings. The molecule has 1 aliphatic heterocycles. The van der Waals surface area contributed by atoms with Crippen LogP contribution in [0.3, 0.4) is 0 Å². The molecule has 0 unspecified atom stereocenters. The lowest BCUT2D eigenvalue weighted by molar-refractivity contribution is 0.0905. The monoisotopic (exact) mass is 404 g/mol. The molecule has 5 heteroatoms. The number of rotatable bonds is 5. The highest BCUT2D eigenvalue weighted by Crippen LogP contribution is 2.18. The zero-order valence-electron chi connectivity index (χ0n) is 13.5. The summed E-state index contributed by atoms with van der Waals surface area (Å²) >= 11 is 9.13. The summed E-state index contributed by atoms with van der Waals surface area (Å²) in [5.41, 5.74) is 2.24. The van der Waals surface area contributed by atoms with Gasteiger partial charge >= 0.3 is 0 Å². The standard InChI is InChI=1S/C19H21BrN2OS/c20-16-8-10-17(11-9-16)21-19(24)22(14-18-7-4-12-23-18)13-15-5-2-1-3-6-15/h1-3,5-6,8-11,18H,4,7,12-14H2,(H,21,24)/t18-/m1/s1. The van der Waals surface area contributed by atoms with Crippen LogP contribution in [-0.2, 0) is 11.3 Å². The summed E-state index contributed by atoms with van der Waals surface area (Å²) in [7, 11) is 0. The van der Waals surface area contributed by atoms with Gasteiger partial charge in [-0.15, -0.1) is 0 Å². The summed E-state index contributed by atoms with van der Waals surface area (Å²) < 4.78 is 6.86. The van der Waals surface area contributed by atoms with E-state index >= 15 is 0 Å². The zero-order valence-corrected chi connectivity index (χ0v) is 15.9. The van der Waals surface area contributed by atoms with Crippen LogP contribution in [0.15, 0.2) is 59.1 Å². The quantitative estimate of drug-likeness (QED) is 0.721.